The number of fused-ring (bicyclic) bond motifs is 3. The summed E-state index contributed by atoms with van der Waals surface area (Å²) in [6.45, 7) is 4.33. The first-order chi connectivity index (χ1) is 19.7. The minimum atomic E-state index is 1.12. The Balaban J connectivity index is 1.32. The third-order valence-electron chi connectivity index (χ3n) is 7.69. The van der Waals surface area contributed by atoms with Gasteiger partial charge in [0.1, 0.15) is 0 Å². The Kier molecular flexibility index (Phi) is 5.94. The third kappa shape index (κ3) is 4.24. The first-order valence-corrected chi connectivity index (χ1v) is 13.8. The normalized spacial score (nSPS) is 11.2. The van der Waals surface area contributed by atoms with Gasteiger partial charge in [0.05, 0.1) is 11.0 Å². The molecular weight excluding hydrogens is 484 g/mol. The topological polar surface area (TPSA) is 8.17 Å². The molecule has 1 aromatic heterocycles. The lowest BCUT2D eigenvalue weighted by Gasteiger charge is -2.26. The molecule has 0 amide bonds. The van der Waals surface area contributed by atoms with Crippen LogP contribution in [0.25, 0.3) is 38.6 Å². The molecule has 0 radical (unpaired) electrons. The van der Waals surface area contributed by atoms with E-state index in [-0.39, 0.29) is 0 Å². The van der Waals surface area contributed by atoms with Gasteiger partial charge in [-0.3, -0.25) is 0 Å². The highest BCUT2D eigenvalue weighted by atomic mass is 15.1. The van der Waals surface area contributed by atoms with Crippen LogP contribution in [-0.2, 0) is 0 Å². The van der Waals surface area contributed by atoms with E-state index in [1.165, 1.54) is 44.1 Å². The number of hydrogen-bond acceptors (Lipinski definition) is 1. The zero-order valence-electron chi connectivity index (χ0n) is 22.8. The first-order valence-electron chi connectivity index (χ1n) is 13.8. The Hall–Kier alpha value is -5.08. The molecule has 40 heavy (non-hydrogen) atoms. The lowest BCUT2D eigenvalue weighted by Crippen LogP contribution is -2.10. The summed E-state index contributed by atoms with van der Waals surface area (Å²) in [6, 6.07) is 52.4. The van der Waals surface area contributed by atoms with E-state index in [1.807, 2.05) is 0 Å². The number of nitrogens with zero attached hydrogens (tertiary/aromatic N) is 2. The molecule has 192 valence electrons. The Labute approximate surface area is 235 Å². The van der Waals surface area contributed by atoms with Gasteiger partial charge in [0.15, 0.2) is 0 Å². The van der Waals surface area contributed by atoms with Crippen LogP contribution in [0.4, 0.5) is 17.1 Å². The fraction of sp³-hybridized carbons (Fsp3) is 0.0526. The Morgan fingerprint density at radius 2 is 0.875 bits per heavy atom. The van der Waals surface area contributed by atoms with Crippen molar-refractivity contribution in [3.05, 3.63) is 157 Å². The van der Waals surface area contributed by atoms with E-state index >= 15 is 0 Å². The Morgan fingerprint density at radius 1 is 0.425 bits per heavy atom. The quantitative estimate of drug-likeness (QED) is 0.222. The molecule has 2 nitrogen and oxygen atoms in total. The summed E-state index contributed by atoms with van der Waals surface area (Å²) in [5.41, 5.74) is 12.0. The van der Waals surface area contributed by atoms with Crippen LogP contribution in [0.1, 0.15) is 11.1 Å². The molecular formula is C38H30N2. The average Bonchev–Trinajstić information content (AvgIpc) is 3.31. The van der Waals surface area contributed by atoms with Gasteiger partial charge in [-0.25, -0.2) is 0 Å². The minimum Gasteiger partial charge on any atom is -0.311 e. The van der Waals surface area contributed by atoms with Gasteiger partial charge in [0, 0.05) is 33.5 Å². The van der Waals surface area contributed by atoms with E-state index in [9.17, 15) is 0 Å². The van der Waals surface area contributed by atoms with E-state index in [4.69, 9.17) is 0 Å². The van der Waals surface area contributed by atoms with Crippen LogP contribution in [0.2, 0.25) is 0 Å². The number of rotatable bonds is 5. The second-order valence-corrected chi connectivity index (χ2v) is 10.5. The molecule has 0 spiro atoms. The summed E-state index contributed by atoms with van der Waals surface area (Å²) < 4.78 is 2.38. The van der Waals surface area contributed by atoms with Crippen LogP contribution < -0.4 is 4.90 Å². The Morgan fingerprint density at radius 3 is 1.43 bits per heavy atom. The standard InChI is InChI=1S/C38H30N2/c1-27-13-23-37-35(25-27)36-26-28(2)14-24-38(36)40(37)34-21-19-33(20-22-34)39(31-11-7-4-8-12-31)32-17-15-30(16-18-32)29-9-5-3-6-10-29/h3-26H,1-2H3. The molecule has 1 heterocycles. The molecule has 7 aromatic rings. The van der Waals surface area contributed by atoms with Crippen LogP contribution in [0.5, 0.6) is 0 Å². The van der Waals surface area contributed by atoms with Crippen molar-refractivity contribution in [1.29, 1.82) is 0 Å². The lowest BCUT2D eigenvalue weighted by molar-refractivity contribution is 1.17. The number of benzene rings is 6. The molecule has 0 aliphatic heterocycles. The van der Waals surface area contributed by atoms with Crippen molar-refractivity contribution in [3.8, 4) is 16.8 Å². The van der Waals surface area contributed by atoms with Gasteiger partial charge in [-0.05, 0) is 97.8 Å². The van der Waals surface area contributed by atoms with Crippen LogP contribution in [0, 0.1) is 13.8 Å². The van der Waals surface area contributed by atoms with E-state index in [0.29, 0.717) is 0 Å². The van der Waals surface area contributed by atoms with Crippen molar-refractivity contribution in [2.45, 2.75) is 13.8 Å². The van der Waals surface area contributed by atoms with Crippen LogP contribution in [0.15, 0.2) is 146 Å². The lowest BCUT2D eigenvalue weighted by atomic mass is 10.0. The van der Waals surface area contributed by atoms with E-state index < -0.39 is 0 Å². The maximum absolute atomic E-state index is 2.38. The maximum Gasteiger partial charge on any atom is 0.0541 e. The van der Waals surface area contributed by atoms with E-state index in [0.717, 1.165) is 22.7 Å². The highest BCUT2D eigenvalue weighted by Gasteiger charge is 2.15. The summed E-state index contributed by atoms with van der Waals surface area (Å²) in [5.74, 6) is 0. The number of anilines is 3. The van der Waals surface area contributed by atoms with Crippen LogP contribution in [-0.4, -0.2) is 4.57 Å². The molecule has 2 heteroatoms. The van der Waals surface area contributed by atoms with Crippen molar-refractivity contribution in [3.63, 3.8) is 0 Å². The predicted octanol–water partition coefficient (Wildman–Crippen LogP) is 10.5. The smallest absolute Gasteiger partial charge is 0.0541 e. The van der Waals surface area contributed by atoms with Crippen molar-refractivity contribution >= 4 is 38.9 Å². The van der Waals surface area contributed by atoms with Gasteiger partial charge in [0.25, 0.3) is 0 Å². The fourth-order valence-corrected chi connectivity index (χ4v) is 5.74. The van der Waals surface area contributed by atoms with Crippen molar-refractivity contribution < 1.29 is 0 Å². The maximum atomic E-state index is 2.38. The van der Waals surface area contributed by atoms with E-state index in [1.54, 1.807) is 0 Å². The molecule has 0 bridgehead atoms. The average molecular weight is 515 g/mol. The molecule has 0 aliphatic rings. The molecule has 0 aliphatic carbocycles. The fourth-order valence-electron chi connectivity index (χ4n) is 5.74. The predicted molar refractivity (Wildman–Crippen MR) is 170 cm³/mol. The zero-order chi connectivity index (χ0) is 27.1. The summed E-state index contributed by atoms with van der Waals surface area (Å²) in [7, 11) is 0. The molecule has 0 atom stereocenters. The summed E-state index contributed by atoms with van der Waals surface area (Å²) in [4.78, 5) is 2.32. The second-order valence-electron chi connectivity index (χ2n) is 10.5. The van der Waals surface area contributed by atoms with Crippen molar-refractivity contribution in [2.75, 3.05) is 4.90 Å². The molecule has 7 rings (SSSR count). The summed E-state index contributed by atoms with van der Waals surface area (Å²) in [5, 5.41) is 2.60. The monoisotopic (exact) mass is 514 g/mol. The highest BCUT2D eigenvalue weighted by Crippen LogP contribution is 2.38. The highest BCUT2D eigenvalue weighted by molar-refractivity contribution is 6.09. The van der Waals surface area contributed by atoms with Crippen LogP contribution in [0.3, 0.4) is 0 Å². The number of para-hydroxylation sites is 1. The largest absolute Gasteiger partial charge is 0.311 e. The molecule has 0 fully saturated rings. The van der Waals surface area contributed by atoms with Gasteiger partial charge in [-0.2, -0.15) is 0 Å². The van der Waals surface area contributed by atoms with Gasteiger partial charge < -0.3 is 9.47 Å². The second kappa shape index (κ2) is 9.91. The van der Waals surface area contributed by atoms with Crippen LogP contribution >= 0.6 is 0 Å². The number of aromatic nitrogens is 1. The molecule has 0 N–H and O–H groups in total. The molecule has 6 aromatic carbocycles. The van der Waals surface area contributed by atoms with Crippen molar-refractivity contribution in [1.82, 2.24) is 4.57 Å². The SMILES string of the molecule is Cc1ccc2c(c1)c1cc(C)ccc1n2-c1ccc(N(c2ccccc2)c2ccc(-c3ccccc3)cc2)cc1. The van der Waals surface area contributed by atoms with Gasteiger partial charge in [-0.1, -0.05) is 83.9 Å². The minimum absolute atomic E-state index is 1.12. The van der Waals surface area contributed by atoms with E-state index in [2.05, 4.69) is 169 Å². The Bertz CT molecular complexity index is 1870. The number of hydrogen-bond donors (Lipinski definition) is 0. The number of aryl methyl sites for hydroxylation is 2. The van der Waals surface area contributed by atoms with Gasteiger partial charge >= 0.3 is 0 Å². The summed E-state index contributed by atoms with van der Waals surface area (Å²) >= 11 is 0. The molecule has 0 saturated heterocycles. The first kappa shape index (κ1) is 24.0. The van der Waals surface area contributed by atoms with Crippen molar-refractivity contribution in [2.24, 2.45) is 0 Å². The molecule has 0 unspecified atom stereocenters. The molecule has 0 saturated carbocycles. The summed E-state index contributed by atoms with van der Waals surface area (Å²) in [6.07, 6.45) is 0. The van der Waals surface area contributed by atoms with Gasteiger partial charge in [0.2, 0.25) is 0 Å². The van der Waals surface area contributed by atoms with Gasteiger partial charge in [-0.15, -0.1) is 0 Å². The zero-order valence-corrected chi connectivity index (χ0v) is 22.8. The third-order valence-corrected chi connectivity index (χ3v) is 7.69.